The van der Waals surface area contributed by atoms with Gasteiger partial charge in [-0.2, -0.15) is 0 Å². The number of nitrogens with zero attached hydrogens (tertiary/aromatic N) is 2. The van der Waals surface area contributed by atoms with Gasteiger partial charge in [0.05, 0.1) is 0 Å². The number of rotatable bonds is 5. The lowest BCUT2D eigenvalue weighted by Gasteiger charge is -2.12. The summed E-state index contributed by atoms with van der Waals surface area (Å²) in [6.45, 7) is 2.54. The molecular formula is C18H22N4O. The van der Waals surface area contributed by atoms with E-state index in [1.807, 2.05) is 31.2 Å². The maximum Gasteiger partial charge on any atom is 0.270 e. The van der Waals surface area contributed by atoms with Crippen molar-refractivity contribution in [3.8, 4) is 0 Å². The molecule has 1 amide bonds. The number of amides is 1. The minimum absolute atomic E-state index is 0.178. The van der Waals surface area contributed by atoms with E-state index in [-0.39, 0.29) is 5.91 Å². The van der Waals surface area contributed by atoms with E-state index in [1.54, 1.807) is 12.3 Å². The van der Waals surface area contributed by atoms with Crippen molar-refractivity contribution in [2.24, 2.45) is 0 Å². The van der Waals surface area contributed by atoms with Crippen LogP contribution in [0.25, 0.3) is 0 Å². The molecule has 1 aromatic heterocycles. The molecule has 1 aromatic carbocycles. The third kappa shape index (κ3) is 4.28. The predicted molar refractivity (Wildman–Crippen MR) is 90.3 cm³/mol. The highest BCUT2D eigenvalue weighted by molar-refractivity contribution is 5.92. The van der Waals surface area contributed by atoms with Crippen LogP contribution in [0.15, 0.2) is 36.5 Å². The standard InChI is InChI=1S/C18H22N4O/c1-13-6-8-14(9-7-13)12-20-17(23)16-10-11-19-18(22-16)21-15-4-2-3-5-15/h6-11,15H,2-5,12H2,1H3,(H,20,23)(H,19,21,22). The molecule has 5 nitrogen and oxygen atoms in total. The lowest BCUT2D eigenvalue weighted by atomic mass is 10.1. The Morgan fingerprint density at radius 3 is 2.65 bits per heavy atom. The van der Waals surface area contributed by atoms with Crippen LogP contribution in [0.2, 0.25) is 0 Å². The van der Waals surface area contributed by atoms with E-state index in [0.29, 0.717) is 24.2 Å². The van der Waals surface area contributed by atoms with Gasteiger partial charge in [0.2, 0.25) is 5.95 Å². The number of anilines is 1. The highest BCUT2D eigenvalue weighted by Crippen LogP contribution is 2.20. The number of aromatic nitrogens is 2. The molecule has 0 spiro atoms. The van der Waals surface area contributed by atoms with Crippen LogP contribution in [0.1, 0.15) is 47.3 Å². The van der Waals surface area contributed by atoms with Crippen LogP contribution in [-0.4, -0.2) is 21.9 Å². The summed E-state index contributed by atoms with van der Waals surface area (Å²) < 4.78 is 0. The van der Waals surface area contributed by atoms with Crippen molar-refractivity contribution in [1.82, 2.24) is 15.3 Å². The topological polar surface area (TPSA) is 66.9 Å². The summed E-state index contributed by atoms with van der Waals surface area (Å²) in [6, 6.07) is 10.2. The zero-order valence-corrected chi connectivity index (χ0v) is 13.4. The Labute approximate surface area is 136 Å². The monoisotopic (exact) mass is 310 g/mol. The average Bonchev–Trinajstić information content (AvgIpc) is 3.07. The summed E-state index contributed by atoms with van der Waals surface area (Å²) in [7, 11) is 0. The van der Waals surface area contributed by atoms with Crippen LogP contribution in [0.5, 0.6) is 0 Å². The molecule has 0 saturated heterocycles. The highest BCUT2D eigenvalue weighted by Gasteiger charge is 2.16. The van der Waals surface area contributed by atoms with Gasteiger partial charge < -0.3 is 10.6 Å². The van der Waals surface area contributed by atoms with Gasteiger partial charge in [-0.05, 0) is 31.4 Å². The molecule has 0 unspecified atom stereocenters. The first-order valence-corrected chi connectivity index (χ1v) is 8.14. The Morgan fingerprint density at radius 1 is 1.17 bits per heavy atom. The predicted octanol–water partition coefficient (Wildman–Crippen LogP) is 3.07. The van der Waals surface area contributed by atoms with E-state index in [2.05, 4.69) is 20.6 Å². The molecule has 0 aliphatic heterocycles. The minimum Gasteiger partial charge on any atom is -0.351 e. The van der Waals surface area contributed by atoms with E-state index >= 15 is 0 Å². The Balaban J connectivity index is 1.59. The molecule has 2 N–H and O–H groups in total. The number of hydrogen-bond acceptors (Lipinski definition) is 4. The lowest BCUT2D eigenvalue weighted by Crippen LogP contribution is -2.25. The van der Waals surface area contributed by atoms with Crippen molar-refractivity contribution in [3.63, 3.8) is 0 Å². The molecule has 5 heteroatoms. The first kappa shape index (κ1) is 15.5. The van der Waals surface area contributed by atoms with Crippen LogP contribution in [0.3, 0.4) is 0 Å². The van der Waals surface area contributed by atoms with E-state index in [4.69, 9.17) is 0 Å². The molecular weight excluding hydrogens is 288 g/mol. The van der Waals surface area contributed by atoms with E-state index in [0.717, 1.165) is 18.4 Å². The molecule has 0 atom stereocenters. The second kappa shape index (κ2) is 7.22. The average molecular weight is 310 g/mol. The van der Waals surface area contributed by atoms with Gasteiger partial charge in [0, 0.05) is 18.8 Å². The summed E-state index contributed by atoms with van der Waals surface area (Å²) in [4.78, 5) is 20.8. The Hall–Kier alpha value is -2.43. The molecule has 3 rings (SSSR count). The smallest absolute Gasteiger partial charge is 0.270 e. The fourth-order valence-electron chi connectivity index (χ4n) is 2.79. The largest absolute Gasteiger partial charge is 0.351 e. The van der Waals surface area contributed by atoms with Gasteiger partial charge in [-0.15, -0.1) is 0 Å². The molecule has 1 fully saturated rings. The number of aryl methyl sites for hydroxylation is 1. The quantitative estimate of drug-likeness (QED) is 0.890. The van der Waals surface area contributed by atoms with Crippen LogP contribution < -0.4 is 10.6 Å². The van der Waals surface area contributed by atoms with Crippen LogP contribution in [0.4, 0.5) is 5.95 Å². The van der Waals surface area contributed by atoms with Crippen LogP contribution in [0, 0.1) is 6.92 Å². The van der Waals surface area contributed by atoms with Crippen molar-refractivity contribution >= 4 is 11.9 Å². The van der Waals surface area contributed by atoms with Gasteiger partial charge in [-0.3, -0.25) is 4.79 Å². The Kier molecular flexibility index (Phi) is 4.86. The third-order valence-corrected chi connectivity index (χ3v) is 4.15. The summed E-state index contributed by atoms with van der Waals surface area (Å²) >= 11 is 0. The minimum atomic E-state index is -0.178. The fourth-order valence-corrected chi connectivity index (χ4v) is 2.79. The summed E-state index contributed by atoms with van der Waals surface area (Å²) in [5, 5.41) is 6.21. The first-order valence-electron chi connectivity index (χ1n) is 8.14. The number of hydrogen-bond donors (Lipinski definition) is 2. The molecule has 1 heterocycles. The summed E-state index contributed by atoms with van der Waals surface area (Å²) in [6.07, 6.45) is 6.41. The second-order valence-corrected chi connectivity index (χ2v) is 6.06. The van der Waals surface area contributed by atoms with Gasteiger partial charge in [0.25, 0.3) is 5.91 Å². The van der Waals surface area contributed by atoms with E-state index < -0.39 is 0 Å². The maximum absolute atomic E-state index is 12.2. The van der Waals surface area contributed by atoms with Crippen molar-refractivity contribution in [2.75, 3.05) is 5.32 Å². The van der Waals surface area contributed by atoms with E-state index in [9.17, 15) is 4.79 Å². The molecule has 1 aliphatic carbocycles. The number of carbonyl (C=O) groups is 1. The van der Waals surface area contributed by atoms with Crippen molar-refractivity contribution in [1.29, 1.82) is 0 Å². The fraction of sp³-hybridized carbons (Fsp3) is 0.389. The Morgan fingerprint density at radius 2 is 1.91 bits per heavy atom. The van der Waals surface area contributed by atoms with E-state index in [1.165, 1.54) is 18.4 Å². The van der Waals surface area contributed by atoms with Gasteiger partial charge in [0.15, 0.2) is 0 Å². The second-order valence-electron chi connectivity index (χ2n) is 6.06. The number of carbonyl (C=O) groups excluding carboxylic acids is 1. The molecule has 1 aliphatic rings. The number of benzene rings is 1. The van der Waals surface area contributed by atoms with Gasteiger partial charge in [0.1, 0.15) is 5.69 Å². The molecule has 2 aromatic rings. The number of nitrogens with one attached hydrogen (secondary N) is 2. The third-order valence-electron chi connectivity index (χ3n) is 4.15. The van der Waals surface area contributed by atoms with Crippen molar-refractivity contribution in [3.05, 3.63) is 53.3 Å². The molecule has 1 saturated carbocycles. The van der Waals surface area contributed by atoms with Gasteiger partial charge in [-0.25, -0.2) is 9.97 Å². The first-order chi connectivity index (χ1) is 11.2. The molecule has 0 radical (unpaired) electrons. The highest BCUT2D eigenvalue weighted by atomic mass is 16.1. The zero-order chi connectivity index (χ0) is 16.1. The SMILES string of the molecule is Cc1ccc(CNC(=O)c2ccnc(NC3CCCC3)n2)cc1. The zero-order valence-electron chi connectivity index (χ0n) is 13.4. The maximum atomic E-state index is 12.2. The normalized spacial score (nSPS) is 14.7. The lowest BCUT2D eigenvalue weighted by molar-refractivity contribution is 0.0946. The van der Waals surface area contributed by atoms with Crippen molar-refractivity contribution < 1.29 is 4.79 Å². The van der Waals surface area contributed by atoms with Crippen LogP contribution in [-0.2, 0) is 6.54 Å². The molecule has 0 bridgehead atoms. The van der Waals surface area contributed by atoms with Gasteiger partial charge in [-0.1, -0.05) is 42.7 Å². The Bertz CT molecular complexity index is 663. The van der Waals surface area contributed by atoms with Crippen molar-refractivity contribution in [2.45, 2.75) is 45.2 Å². The van der Waals surface area contributed by atoms with Crippen LogP contribution >= 0.6 is 0 Å². The molecule has 120 valence electrons. The van der Waals surface area contributed by atoms with Gasteiger partial charge >= 0.3 is 0 Å². The summed E-state index contributed by atoms with van der Waals surface area (Å²) in [5.41, 5.74) is 2.67. The molecule has 23 heavy (non-hydrogen) atoms. The summed E-state index contributed by atoms with van der Waals surface area (Å²) in [5.74, 6) is 0.363.